The van der Waals surface area contributed by atoms with Crippen molar-refractivity contribution in [3.05, 3.63) is 12.2 Å². The van der Waals surface area contributed by atoms with Gasteiger partial charge in [-0.3, -0.25) is 18.6 Å². The first-order valence-electron chi connectivity index (χ1n) is 15.2. The minimum Gasteiger partial charge on any atom is -0.480 e. The first-order chi connectivity index (χ1) is 19.6. The Balaban J connectivity index is 4.08. The summed E-state index contributed by atoms with van der Waals surface area (Å²) in [4.78, 5) is 45.0. The number of ether oxygens (including phenoxy) is 1. The lowest BCUT2D eigenvalue weighted by molar-refractivity contribution is -0.147. The molecule has 0 saturated carbocycles. The summed E-state index contributed by atoms with van der Waals surface area (Å²) in [6.07, 6.45) is 19.0. The van der Waals surface area contributed by atoms with Gasteiger partial charge in [0.1, 0.15) is 12.7 Å². The summed E-state index contributed by atoms with van der Waals surface area (Å²) >= 11 is 0. The van der Waals surface area contributed by atoms with Gasteiger partial charge in [0.2, 0.25) is 5.91 Å². The average molecular weight is 608 g/mol. The van der Waals surface area contributed by atoms with E-state index >= 15 is 0 Å². The fourth-order valence-corrected chi connectivity index (χ4v) is 4.61. The third-order valence-electron chi connectivity index (χ3n) is 6.30. The second kappa shape index (κ2) is 25.9. The van der Waals surface area contributed by atoms with Crippen molar-refractivity contribution in [3.63, 3.8) is 0 Å². The molecule has 11 nitrogen and oxygen atoms in total. The van der Waals surface area contributed by atoms with Gasteiger partial charge in [0.15, 0.2) is 6.04 Å². The number of unbranched alkanes of at least 4 members (excludes halogenated alkanes) is 12. The molecular weight excluding hydrogens is 553 g/mol. The van der Waals surface area contributed by atoms with Crippen LogP contribution < -0.4 is 5.32 Å². The van der Waals surface area contributed by atoms with Crippen LogP contribution in [0.5, 0.6) is 0 Å². The van der Waals surface area contributed by atoms with E-state index in [1.54, 1.807) is 0 Å². The molecule has 0 aromatic rings. The number of rotatable bonds is 28. The largest absolute Gasteiger partial charge is 0.480 e. The van der Waals surface area contributed by atoms with Crippen LogP contribution in [0.3, 0.4) is 0 Å². The number of phosphoric acid groups is 1. The fraction of sp³-hybridized carbons (Fsp3) is 0.828. The summed E-state index contributed by atoms with van der Waals surface area (Å²) in [5.74, 6) is -2.41. The molecule has 3 atom stereocenters. The minimum atomic E-state index is -4.73. The van der Waals surface area contributed by atoms with Crippen molar-refractivity contribution < 1.29 is 47.8 Å². The number of carboxylic acid groups (broad SMARTS) is 1. The normalized spacial score (nSPS) is 14.4. The molecule has 0 aliphatic carbocycles. The predicted octanol–water partition coefficient (Wildman–Crippen LogP) is 5.82. The van der Waals surface area contributed by atoms with E-state index < -0.39 is 57.6 Å². The number of carbonyl (C=O) groups is 3. The zero-order chi connectivity index (χ0) is 30.8. The van der Waals surface area contributed by atoms with Gasteiger partial charge in [-0.05, 0) is 38.5 Å². The Bertz CT molecular complexity index is 777. The zero-order valence-electron chi connectivity index (χ0n) is 25.1. The highest BCUT2D eigenvalue weighted by molar-refractivity contribution is 7.47. The molecule has 3 unspecified atom stereocenters. The van der Waals surface area contributed by atoms with Crippen LogP contribution in [-0.2, 0) is 32.7 Å². The quantitative estimate of drug-likeness (QED) is 0.0368. The summed E-state index contributed by atoms with van der Waals surface area (Å²) in [5, 5.41) is 21.5. The monoisotopic (exact) mass is 607 g/mol. The molecule has 0 radical (unpaired) electrons. The van der Waals surface area contributed by atoms with Gasteiger partial charge in [0, 0.05) is 12.8 Å². The maximum absolute atomic E-state index is 12.1. The van der Waals surface area contributed by atoms with Gasteiger partial charge in [-0.1, -0.05) is 83.8 Å². The molecule has 4 N–H and O–H groups in total. The molecule has 0 bridgehead atoms. The molecule has 240 valence electrons. The number of amides is 1. The van der Waals surface area contributed by atoms with Crippen LogP contribution >= 0.6 is 7.82 Å². The summed E-state index contributed by atoms with van der Waals surface area (Å²) in [5.41, 5.74) is 0. The number of aliphatic hydroxyl groups excluding tert-OH is 1. The second-order valence-electron chi connectivity index (χ2n) is 10.3. The maximum atomic E-state index is 12.1. The maximum Gasteiger partial charge on any atom is 0.472 e. The van der Waals surface area contributed by atoms with Crippen LogP contribution in [0.15, 0.2) is 12.2 Å². The van der Waals surface area contributed by atoms with Crippen molar-refractivity contribution in [3.8, 4) is 0 Å². The fourth-order valence-electron chi connectivity index (χ4n) is 3.84. The third kappa shape index (κ3) is 25.6. The summed E-state index contributed by atoms with van der Waals surface area (Å²) in [6.45, 7) is 2.36. The second-order valence-corrected chi connectivity index (χ2v) is 11.7. The highest BCUT2D eigenvalue weighted by Crippen LogP contribution is 2.43. The zero-order valence-corrected chi connectivity index (χ0v) is 26.0. The van der Waals surface area contributed by atoms with Crippen molar-refractivity contribution in [2.75, 3.05) is 19.8 Å². The van der Waals surface area contributed by atoms with E-state index in [4.69, 9.17) is 9.26 Å². The van der Waals surface area contributed by atoms with Crippen LogP contribution in [-0.4, -0.2) is 64.9 Å². The molecule has 0 saturated heterocycles. The lowest BCUT2D eigenvalue weighted by Crippen LogP contribution is -2.43. The summed E-state index contributed by atoms with van der Waals surface area (Å²) < 4.78 is 26.3. The molecule has 0 fully saturated rings. The number of hydrogen-bond donors (Lipinski definition) is 4. The highest BCUT2D eigenvalue weighted by atomic mass is 31.2. The van der Waals surface area contributed by atoms with E-state index in [9.17, 15) is 34.1 Å². The number of allylic oxidation sites excluding steroid dienone is 2. The Kier molecular flexibility index (Phi) is 24.8. The van der Waals surface area contributed by atoms with Gasteiger partial charge >= 0.3 is 19.8 Å². The number of aliphatic carboxylic acids is 1. The molecular formula is C29H54NO10P. The number of carbonyl (C=O) groups excluding carboxylic acids is 2. The van der Waals surface area contributed by atoms with Crippen molar-refractivity contribution in [1.82, 2.24) is 5.32 Å². The van der Waals surface area contributed by atoms with E-state index in [2.05, 4.69) is 35.8 Å². The van der Waals surface area contributed by atoms with Crippen LogP contribution in [0.1, 0.15) is 123 Å². The Morgan fingerprint density at radius 3 is 1.88 bits per heavy atom. The lowest BCUT2D eigenvalue weighted by atomic mass is 10.1. The van der Waals surface area contributed by atoms with Crippen molar-refractivity contribution >= 4 is 25.7 Å². The van der Waals surface area contributed by atoms with Crippen molar-refractivity contribution in [2.45, 2.75) is 135 Å². The van der Waals surface area contributed by atoms with Crippen LogP contribution in [0.25, 0.3) is 0 Å². The van der Waals surface area contributed by atoms with Gasteiger partial charge in [-0.15, -0.1) is 0 Å². The molecule has 0 aliphatic heterocycles. The Morgan fingerprint density at radius 2 is 1.27 bits per heavy atom. The number of carboxylic acids is 1. The minimum absolute atomic E-state index is 0.137. The number of phosphoric ester groups is 1. The van der Waals surface area contributed by atoms with E-state index in [1.807, 2.05) is 0 Å². The number of aliphatic hydroxyl groups is 1. The molecule has 0 aliphatic rings. The number of esters is 1. The first-order valence-corrected chi connectivity index (χ1v) is 16.7. The van der Waals surface area contributed by atoms with Gasteiger partial charge in [-0.2, -0.15) is 0 Å². The lowest BCUT2D eigenvalue weighted by Gasteiger charge is -2.18. The third-order valence-corrected chi connectivity index (χ3v) is 7.26. The van der Waals surface area contributed by atoms with Gasteiger partial charge in [0.25, 0.3) is 0 Å². The van der Waals surface area contributed by atoms with E-state index in [-0.39, 0.29) is 12.8 Å². The average Bonchev–Trinajstić information content (AvgIpc) is 2.93. The smallest absolute Gasteiger partial charge is 0.472 e. The van der Waals surface area contributed by atoms with Gasteiger partial charge < -0.3 is 25.2 Å². The van der Waals surface area contributed by atoms with Gasteiger partial charge in [-0.25, -0.2) is 9.36 Å². The molecule has 0 heterocycles. The van der Waals surface area contributed by atoms with Crippen LogP contribution in [0.4, 0.5) is 0 Å². The van der Waals surface area contributed by atoms with E-state index in [0.29, 0.717) is 12.8 Å². The van der Waals surface area contributed by atoms with Crippen LogP contribution in [0.2, 0.25) is 0 Å². The summed E-state index contributed by atoms with van der Waals surface area (Å²) in [6, 6.07) is -1.54. The molecule has 0 aromatic heterocycles. The predicted molar refractivity (Wildman–Crippen MR) is 157 cm³/mol. The molecule has 0 spiro atoms. The molecule has 0 aromatic carbocycles. The molecule has 41 heavy (non-hydrogen) atoms. The topological polar surface area (TPSA) is 169 Å². The summed E-state index contributed by atoms with van der Waals surface area (Å²) in [7, 11) is -4.73. The van der Waals surface area contributed by atoms with Gasteiger partial charge in [0.05, 0.1) is 13.2 Å². The Labute approximate surface area is 246 Å². The standard InChI is InChI=1S/C29H54NO10P/c1-3-5-7-9-10-11-12-13-14-15-16-17-18-20-27(32)30-26(29(34)35)24-40-41(36,37)39-23-25(31)22-38-28(33)21-19-8-6-4-2/h11-12,25-26,31H,3-10,13-24H2,1-2H3,(H,30,32)(H,34,35)(H,36,37)/b12-11-. The Morgan fingerprint density at radius 1 is 0.756 bits per heavy atom. The number of nitrogens with one attached hydrogen (secondary N) is 1. The van der Waals surface area contributed by atoms with E-state index in [1.165, 1.54) is 25.7 Å². The number of hydrogen-bond acceptors (Lipinski definition) is 8. The van der Waals surface area contributed by atoms with E-state index in [0.717, 1.165) is 57.8 Å². The van der Waals surface area contributed by atoms with Crippen molar-refractivity contribution in [1.29, 1.82) is 0 Å². The Hall–Kier alpha value is -1.78. The first kappa shape index (κ1) is 39.2. The SMILES string of the molecule is CCCCCC/C=C\CCCCCCCC(=O)NC(COP(=O)(O)OCC(O)COC(=O)CCCCCC)C(=O)O. The molecule has 12 heteroatoms. The molecule has 1 amide bonds. The van der Waals surface area contributed by atoms with Crippen LogP contribution in [0, 0.1) is 0 Å². The van der Waals surface area contributed by atoms with Crippen molar-refractivity contribution in [2.24, 2.45) is 0 Å². The molecule has 0 rings (SSSR count). The highest BCUT2D eigenvalue weighted by Gasteiger charge is 2.28.